The molecule has 2 rings (SSSR count). The largest absolute Gasteiger partial charge is 0.365 e. The van der Waals surface area contributed by atoms with Gasteiger partial charge >= 0.3 is 0 Å². The van der Waals surface area contributed by atoms with Crippen LogP contribution in [-0.4, -0.2) is 16.0 Å². The summed E-state index contributed by atoms with van der Waals surface area (Å²) in [5.41, 5.74) is 1.83. The lowest BCUT2D eigenvalue weighted by molar-refractivity contribution is -0.172. The summed E-state index contributed by atoms with van der Waals surface area (Å²) >= 11 is 0. The molecule has 0 aliphatic carbocycles. The van der Waals surface area contributed by atoms with Crippen LogP contribution in [0.2, 0.25) is 0 Å². The van der Waals surface area contributed by atoms with Crippen molar-refractivity contribution in [1.29, 1.82) is 0 Å². The molecular weight excluding hydrogens is 224 g/mol. The molecule has 0 spiro atoms. The monoisotopic (exact) mass is 242 g/mol. The van der Waals surface area contributed by atoms with Gasteiger partial charge in [0, 0.05) is 0 Å². The van der Waals surface area contributed by atoms with Crippen LogP contribution in [0.1, 0.15) is 30.4 Å². The van der Waals surface area contributed by atoms with Crippen LogP contribution < -0.4 is 0 Å². The maximum atomic E-state index is 10.2. The van der Waals surface area contributed by atoms with Crippen LogP contribution >= 0.6 is 0 Å². The molecule has 0 aliphatic rings. The highest BCUT2D eigenvalue weighted by Crippen LogP contribution is 2.35. The molecule has 0 aromatic heterocycles. The fourth-order valence-electron chi connectivity index (χ4n) is 2.22. The Bertz CT molecular complexity index is 437. The van der Waals surface area contributed by atoms with Gasteiger partial charge in [0.15, 0.2) is 5.79 Å². The standard InChI is InChI=1S/C16H18O2/c1-2-16(17,18)15(13-9-5-3-6-10-13)14-11-7-4-8-12-14/h3-12,15,17-18H,2H2,1H3. The Labute approximate surface area is 108 Å². The van der Waals surface area contributed by atoms with Gasteiger partial charge < -0.3 is 10.2 Å². The highest BCUT2D eigenvalue weighted by atomic mass is 16.5. The molecule has 2 aromatic rings. The summed E-state index contributed by atoms with van der Waals surface area (Å²) in [6.45, 7) is 1.78. The van der Waals surface area contributed by atoms with E-state index < -0.39 is 11.7 Å². The first-order valence-electron chi connectivity index (χ1n) is 6.20. The Morgan fingerprint density at radius 2 is 1.22 bits per heavy atom. The predicted octanol–water partition coefficient (Wildman–Crippen LogP) is 2.91. The van der Waals surface area contributed by atoms with E-state index in [1.807, 2.05) is 60.7 Å². The van der Waals surface area contributed by atoms with E-state index in [0.717, 1.165) is 11.1 Å². The van der Waals surface area contributed by atoms with Crippen molar-refractivity contribution in [2.45, 2.75) is 25.0 Å². The van der Waals surface area contributed by atoms with Crippen LogP contribution in [0.4, 0.5) is 0 Å². The molecule has 0 atom stereocenters. The third kappa shape index (κ3) is 2.61. The van der Waals surface area contributed by atoms with Gasteiger partial charge in [-0.15, -0.1) is 0 Å². The molecular formula is C16H18O2. The Hall–Kier alpha value is -1.64. The van der Waals surface area contributed by atoms with E-state index in [1.54, 1.807) is 6.92 Å². The van der Waals surface area contributed by atoms with Gasteiger partial charge in [0.25, 0.3) is 0 Å². The zero-order chi connectivity index (χ0) is 13.0. The Balaban J connectivity index is 2.49. The van der Waals surface area contributed by atoms with Gasteiger partial charge in [0.2, 0.25) is 0 Å². The molecule has 0 amide bonds. The number of aliphatic hydroxyl groups is 2. The summed E-state index contributed by atoms with van der Waals surface area (Å²) in [7, 11) is 0. The number of hydrogen-bond acceptors (Lipinski definition) is 2. The van der Waals surface area contributed by atoms with Crippen LogP contribution in [-0.2, 0) is 0 Å². The quantitative estimate of drug-likeness (QED) is 0.809. The summed E-state index contributed by atoms with van der Waals surface area (Å²) in [6.07, 6.45) is 0.279. The Morgan fingerprint density at radius 1 is 0.833 bits per heavy atom. The van der Waals surface area contributed by atoms with E-state index in [2.05, 4.69) is 0 Å². The maximum absolute atomic E-state index is 10.2. The van der Waals surface area contributed by atoms with E-state index in [1.165, 1.54) is 0 Å². The second-order valence-corrected chi connectivity index (χ2v) is 4.49. The lowest BCUT2D eigenvalue weighted by atomic mass is 9.83. The zero-order valence-electron chi connectivity index (χ0n) is 10.5. The second-order valence-electron chi connectivity index (χ2n) is 4.49. The maximum Gasteiger partial charge on any atom is 0.173 e. The molecule has 0 unspecified atom stereocenters. The van der Waals surface area contributed by atoms with Gasteiger partial charge in [-0.1, -0.05) is 67.6 Å². The molecule has 0 heterocycles. The van der Waals surface area contributed by atoms with Crippen LogP contribution in [0.5, 0.6) is 0 Å². The van der Waals surface area contributed by atoms with Crippen molar-refractivity contribution < 1.29 is 10.2 Å². The van der Waals surface area contributed by atoms with Crippen LogP contribution in [0.3, 0.4) is 0 Å². The molecule has 0 radical (unpaired) electrons. The molecule has 94 valence electrons. The predicted molar refractivity (Wildman–Crippen MR) is 72.2 cm³/mol. The summed E-state index contributed by atoms with van der Waals surface area (Å²) in [4.78, 5) is 0. The van der Waals surface area contributed by atoms with Crippen molar-refractivity contribution in [2.24, 2.45) is 0 Å². The molecule has 2 N–H and O–H groups in total. The average molecular weight is 242 g/mol. The van der Waals surface area contributed by atoms with Crippen LogP contribution in [0.15, 0.2) is 60.7 Å². The molecule has 2 heteroatoms. The van der Waals surface area contributed by atoms with Gasteiger partial charge in [-0.3, -0.25) is 0 Å². The fourth-order valence-corrected chi connectivity index (χ4v) is 2.22. The van der Waals surface area contributed by atoms with Crippen molar-refractivity contribution in [2.75, 3.05) is 0 Å². The van der Waals surface area contributed by atoms with E-state index in [-0.39, 0.29) is 6.42 Å². The van der Waals surface area contributed by atoms with Crippen LogP contribution in [0.25, 0.3) is 0 Å². The molecule has 0 saturated heterocycles. The molecule has 18 heavy (non-hydrogen) atoms. The summed E-state index contributed by atoms with van der Waals surface area (Å²) in [5.74, 6) is -2.16. The first-order chi connectivity index (χ1) is 8.65. The number of rotatable bonds is 4. The van der Waals surface area contributed by atoms with Crippen molar-refractivity contribution in [3.63, 3.8) is 0 Å². The van der Waals surface area contributed by atoms with Crippen molar-refractivity contribution in [3.8, 4) is 0 Å². The fraction of sp³-hybridized carbons (Fsp3) is 0.250. The number of benzene rings is 2. The third-order valence-corrected chi connectivity index (χ3v) is 3.25. The first kappa shape index (κ1) is 12.8. The highest BCUT2D eigenvalue weighted by molar-refractivity contribution is 5.34. The minimum atomic E-state index is -1.73. The Kier molecular flexibility index (Phi) is 3.80. The molecule has 2 aromatic carbocycles. The molecule has 2 nitrogen and oxygen atoms in total. The van der Waals surface area contributed by atoms with Gasteiger partial charge in [-0.2, -0.15) is 0 Å². The normalized spacial score (nSPS) is 11.8. The van der Waals surface area contributed by atoms with E-state index in [4.69, 9.17) is 0 Å². The number of hydrogen-bond donors (Lipinski definition) is 2. The van der Waals surface area contributed by atoms with Gasteiger partial charge in [-0.25, -0.2) is 0 Å². The van der Waals surface area contributed by atoms with E-state index >= 15 is 0 Å². The molecule has 0 aliphatic heterocycles. The van der Waals surface area contributed by atoms with Gasteiger partial charge in [0.1, 0.15) is 0 Å². The SMILES string of the molecule is CCC(O)(O)C(c1ccccc1)c1ccccc1. The summed E-state index contributed by atoms with van der Waals surface area (Å²) in [5, 5.41) is 20.5. The second kappa shape index (κ2) is 5.34. The topological polar surface area (TPSA) is 40.5 Å². The van der Waals surface area contributed by atoms with E-state index in [9.17, 15) is 10.2 Å². The highest BCUT2D eigenvalue weighted by Gasteiger charge is 2.34. The zero-order valence-corrected chi connectivity index (χ0v) is 10.5. The molecule has 0 fully saturated rings. The van der Waals surface area contributed by atoms with Crippen LogP contribution in [0, 0.1) is 0 Å². The summed E-state index contributed by atoms with van der Waals surface area (Å²) < 4.78 is 0. The lowest BCUT2D eigenvalue weighted by Crippen LogP contribution is -2.36. The molecule has 0 saturated carbocycles. The first-order valence-corrected chi connectivity index (χ1v) is 6.20. The average Bonchev–Trinajstić information content (AvgIpc) is 2.41. The summed E-state index contributed by atoms with van der Waals surface area (Å²) in [6, 6.07) is 19.2. The van der Waals surface area contributed by atoms with E-state index in [0.29, 0.717) is 0 Å². The minimum absolute atomic E-state index is 0.279. The van der Waals surface area contributed by atoms with Crippen molar-refractivity contribution >= 4 is 0 Å². The third-order valence-electron chi connectivity index (χ3n) is 3.25. The lowest BCUT2D eigenvalue weighted by Gasteiger charge is -2.31. The Morgan fingerprint density at radius 3 is 1.56 bits per heavy atom. The van der Waals surface area contributed by atoms with Crippen molar-refractivity contribution in [3.05, 3.63) is 71.8 Å². The van der Waals surface area contributed by atoms with Gasteiger partial charge in [-0.05, 0) is 17.5 Å². The van der Waals surface area contributed by atoms with Gasteiger partial charge in [0.05, 0.1) is 5.92 Å². The molecule has 0 bridgehead atoms. The van der Waals surface area contributed by atoms with Crippen molar-refractivity contribution in [1.82, 2.24) is 0 Å². The smallest absolute Gasteiger partial charge is 0.173 e. The minimum Gasteiger partial charge on any atom is -0.365 e.